The summed E-state index contributed by atoms with van der Waals surface area (Å²) in [5.41, 5.74) is 3.16. The van der Waals surface area contributed by atoms with E-state index in [0.717, 1.165) is 37.4 Å². The smallest absolute Gasteiger partial charge is 0.173 e. The van der Waals surface area contributed by atoms with Gasteiger partial charge in [0.1, 0.15) is 17.2 Å². The number of benzene rings is 1. The molecule has 1 aliphatic heterocycles. The van der Waals surface area contributed by atoms with Crippen molar-refractivity contribution in [2.45, 2.75) is 25.7 Å². The minimum absolute atomic E-state index is 0.269. The summed E-state index contributed by atoms with van der Waals surface area (Å²) >= 11 is 0. The normalized spacial score (nSPS) is 15.8. The van der Waals surface area contributed by atoms with Crippen molar-refractivity contribution >= 4 is 16.7 Å². The summed E-state index contributed by atoms with van der Waals surface area (Å²) in [7, 11) is 0. The predicted octanol–water partition coefficient (Wildman–Crippen LogP) is 3.93. The Hall–Kier alpha value is -2.80. The first kappa shape index (κ1) is 16.4. The topological polar surface area (TPSA) is 58.0 Å². The van der Waals surface area contributed by atoms with Crippen LogP contribution in [0.25, 0.3) is 27.8 Å². The number of H-pyrrole nitrogens is 1. The van der Waals surface area contributed by atoms with Gasteiger partial charge < -0.3 is 14.7 Å². The molecule has 0 atom stereocenters. The lowest BCUT2D eigenvalue weighted by Crippen LogP contribution is -2.27. The van der Waals surface area contributed by atoms with Gasteiger partial charge >= 0.3 is 0 Å². The third-order valence-electron chi connectivity index (χ3n) is 5.25. The van der Waals surface area contributed by atoms with Crippen LogP contribution in [0.1, 0.15) is 30.3 Å². The highest BCUT2D eigenvalue weighted by Crippen LogP contribution is 2.30. The third kappa shape index (κ3) is 2.78. The lowest BCUT2D eigenvalue weighted by atomic mass is 9.98. The quantitative estimate of drug-likeness (QED) is 0.564. The van der Waals surface area contributed by atoms with E-state index in [-0.39, 0.29) is 11.5 Å². The molecule has 27 heavy (non-hydrogen) atoms. The third-order valence-corrected chi connectivity index (χ3v) is 5.25. The number of nitrogens with zero attached hydrogens (tertiary/aromatic N) is 3. The van der Waals surface area contributed by atoms with Gasteiger partial charge in [0.25, 0.3) is 0 Å². The van der Waals surface area contributed by atoms with E-state index in [1.807, 2.05) is 13.0 Å². The Labute approximate surface area is 154 Å². The molecule has 4 aromatic rings. The van der Waals surface area contributed by atoms with E-state index in [9.17, 15) is 8.78 Å². The molecule has 2 N–H and O–H groups in total. The fourth-order valence-corrected chi connectivity index (χ4v) is 3.88. The van der Waals surface area contributed by atoms with Crippen molar-refractivity contribution in [1.82, 2.24) is 24.7 Å². The van der Waals surface area contributed by atoms with E-state index in [2.05, 4.69) is 20.3 Å². The van der Waals surface area contributed by atoms with Crippen molar-refractivity contribution in [3.8, 4) is 11.1 Å². The SMILES string of the molecule is Cc1cn2cc(-c3cc(F)c4[nH]c(C5CCNCC5)nc4c3)cc(F)c2n1. The van der Waals surface area contributed by atoms with Gasteiger partial charge in [0, 0.05) is 23.9 Å². The van der Waals surface area contributed by atoms with Crippen LogP contribution in [0.4, 0.5) is 8.78 Å². The Morgan fingerprint density at radius 1 is 1.00 bits per heavy atom. The van der Waals surface area contributed by atoms with E-state index in [1.165, 1.54) is 12.1 Å². The maximum Gasteiger partial charge on any atom is 0.173 e. The monoisotopic (exact) mass is 367 g/mol. The Balaban J connectivity index is 1.61. The summed E-state index contributed by atoms with van der Waals surface area (Å²) in [5.74, 6) is 0.328. The fraction of sp³-hybridized carbons (Fsp3) is 0.300. The number of aromatic amines is 1. The molecule has 1 fully saturated rings. The predicted molar refractivity (Wildman–Crippen MR) is 99.8 cm³/mol. The van der Waals surface area contributed by atoms with Gasteiger partial charge in [0.15, 0.2) is 11.5 Å². The summed E-state index contributed by atoms with van der Waals surface area (Å²) in [6.45, 7) is 3.70. The molecule has 1 aliphatic rings. The summed E-state index contributed by atoms with van der Waals surface area (Å²) in [5, 5.41) is 3.32. The van der Waals surface area contributed by atoms with Gasteiger partial charge in [-0.05, 0) is 56.6 Å². The van der Waals surface area contributed by atoms with Crippen molar-refractivity contribution in [2.24, 2.45) is 0 Å². The summed E-state index contributed by atoms with van der Waals surface area (Å²) in [4.78, 5) is 12.0. The molecule has 3 aromatic heterocycles. The number of hydrogen-bond acceptors (Lipinski definition) is 3. The molecule has 0 spiro atoms. The number of nitrogens with one attached hydrogen (secondary N) is 2. The van der Waals surface area contributed by atoms with E-state index >= 15 is 0 Å². The maximum atomic E-state index is 14.7. The number of aryl methyl sites for hydroxylation is 1. The molecule has 5 nitrogen and oxygen atoms in total. The fourth-order valence-electron chi connectivity index (χ4n) is 3.88. The summed E-state index contributed by atoms with van der Waals surface area (Å²) in [6.07, 6.45) is 5.48. The molecular weight excluding hydrogens is 348 g/mol. The summed E-state index contributed by atoms with van der Waals surface area (Å²) < 4.78 is 30.8. The zero-order valence-corrected chi connectivity index (χ0v) is 14.9. The van der Waals surface area contributed by atoms with Crippen molar-refractivity contribution in [3.05, 3.63) is 53.7 Å². The number of hydrogen-bond donors (Lipinski definition) is 2. The van der Waals surface area contributed by atoms with Crippen LogP contribution >= 0.6 is 0 Å². The Kier molecular flexibility index (Phi) is 3.72. The lowest BCUT2D eigenvalue weighted by molar-refractivity contribution is 0.448. The average molecular weight is 367 g/mol. The van der Waals surface area contributed by atoms with Crippen molar-refractivity contribution in [1.29, 1.82) is 0 Å². The highest BCUT2D eigenvalue weighted by Gasteiger charge is 2.20. The Bertz CT molecular complexity index is 1150. The molecule has 0 saturated carbocycles. The van der Waals surface area contributed by atoms with Gasteiger partial charge in [0.05, 0.1) is 11.2 Å². The molecule has 1 saturated heterocycles. The first-order valence-electron chi connectivity index (χ1n) is 9.13. The lowest BCUT2D eigenvalue weighted by Gasteiger charge is -2.20. The zero-order valence-electron chi connectivity index (χ0n) is 14.9. The van der Waals surface area contributed by atoms with Crippen molar-refractivity contribution in [3.63, 3.8) is 0 Å². The number of rotatable bonds is 2. The van der Waals surface area contributed by atoms with E-state index in [4.69, 9.17) is 0 Å². The van der Waals surface area contributed by atoms with Crippen LogP contribution in [0.15, 0.2) is 30.6 Å². The molecule has 4 heterocycles. The van der Waals surface area contributed by atoms with Gasteiger partial charge in [-0.1, -0.05) is 0 Å². The number of imidazole rings is 2. The van der Waals surface area contributed by atoms with Crippen LogP contribution in [-0.2, 0) is 0 Å². The second-order valence-electron chi connectivity index (χ2n) is 7.19. The number of pyridine rings is 1. The number of piperidine rings is 1. The van der Waals surface area contributed by atoms with Gasteiger partial charge in [-0.25, -0.2) is 18.7 Å². The highest BCUT2D eigenvalue weighted by molar-refractivity contribution is 5.83. The first-order valence-corrected chi connectivity index (χ1v) is 9.13. The van der Waals surface area contributed by atoms with Gasteiger partial charge in [-0.3, -0.25) is 0 Å². The number of aromatic nitrogens is 4. The van der Waals surface area contributed by atoms with Crippen LogP contribution < -0.4 is 5.32 Å². The molecule has 0 bridgehead atoms. The van der Waals surface area contributed by atoms with Gasteiger partial charge in [0.2, 0.25) is 0 Å². The van der Waals surface area contributed by atoms with Crippen molar-refractivity contribution < 1.29 is 8.78 Å². The highest BCUT2D eigenvalue weighted by atomic mass is 19.1. The first-order chi connectivity index (χ1) is 13.1. The number of halogens is 2. The van der Waals surface area contributed by atoms with E-state index in [1.54, 1.807) is 16.8 Å². The van der Waals surface area contributed by atoms with Crippen LogP contribution in [0.5, 0.6) is 0 Å². The van der Waals surface area contributed by atoms with Crippen LogP contribution in [0, 0.1) is 18.6 Å². The molecule has 138 valence electrons. The molecular formula is C20H19F2N5. The molecule has 0 unspecified atom stereocenters. The minimum atomic E-state index is -0.432. The van der Waals surface area contributed by atoms with Gasteiger partial charge in [-0.2, -0.15) is 0 Å². The van der Waals surface area contributed by atoms with Gasteiger partial charge in [-0.15, -0.1) is 0 Å². The van der Waals surface area contributed by atoms with Crippen molar-refractivity contribution in [2.75, 3.05) is 13.1 Å². The minimum Gasteiger partial charge on any atom is -0.339 e. The maximum absolute atomic E-state index is 14.7. The average Bonchev–Trinajstić information content (AvgIpc) is 3.26. The van der Waals surface area contributed by atoms with E-state index < -0.39 is 5.82 Å². The Morgan fingerprint density at radius 3 is 2.59 bits per heavy atom. The summed E-state index contributed by atoms with van der Waals surface area (Å²) in [6, 6.07) is 4.63. The second kappa shape index (κ2) is 6.13. The zero-order chi connectivity index (χ0) is 18.5. The Morgan fingerprint density at radius 2 is 1.78 bits per heavy atom. The largest absolute Gasteiger partial charge is 0.339 e. The molecule has 0 aliphatic carbocycles. The van der Waals surface area contributed by atoms with Crippen LogP contribution in [0.3, 0.4) is 0 Å². The second-order valence-corrected chi connectivity index (χ2v) is 7.19. The molecule has 0 amide bonds. The standard InChI is InChI=1S/C20H19F2N5/c1-11-9-27-10-14(7-16(22)20(27)24-11)13-6-15(21)18-17(8-13)25-19(26-18)12-2-4-23-5-3-12/h6-10,12,23H,2-5H2,1H3,(H,25,26). The van der Waals surface area contributed by atoms with Crippen LogP contribution in [0.2, 0.25) is 0 Å². The van der Waals surface area contributed by atoms with Crippen LogP contribution in [-0.4, -0.2) is 32.4 Å². The molecule has 0 radical (unpaired) electrons. The molecule has 1 aromatic carbocycles. The molecule has 5 rings (SSSR count). The van der Waals surface area contributed by atoms with E-state index in [0.29, 0.717) is 28.1 Å². The molecule has 7 heteroatoms. The number of fused-ring (bicyclic) bond motifs is 2.